The van der Waals surface area contributed by atoms with Crippen LogP contribution in [0, 0.1) is 11.3 Å². The maximum absolute atomic E-state index is 12.6. The van der Waals surface area contributed by atoms with E-state index < -0.39 is 11.5 Å². The fraction of sp³-hybridized carbons (Fsp3) is 0.471. The molecule has 1 saturated heterocycles. The standard InChI is InChI=1S/C17H18O4/c1-10-8-11-6-7-20-16(19)17(11)14(9-10)21-13-5-3-2-4-12(13)15(17)18/h2-5,8,11,14-15,18H,6-7,9H2,1H3/t11-,14-,15-,17-/m0/s1. The van der Waals surface area contributed by atoms with E-state index in [0.29, 0.717) is 24.3 Å². The Morgan fingerprint density at radius 1 is 1.33 bits per heavy atom. The highest BCUT2D eigenvalue weighted by Crippen LogP contribution is 2.57. The van der Waals surface area contributed by atoms with Crippen LogP contribution < -0.4 is 4.74 Å². The van der Waals surface area contributed by atoms with Gasteiger partial charge in [0.1, 0.15) is 23.4 Å². The van der Waals surface area contributed by atoms with Gasteiger partial charge in [0.2, 0.25) is 0 Å². The van der Waals surface area contributed by atoms with Crippen LogP contribution in [0.3, 0.4) is 0 Å². The number of benzene rings is 1. The highest BCUT2D eigenvalue weighted by molar-refractivity contribution is 5.81. The SMILES string of the molecule is CC1=C[C@@H]2CCOC(=O)[C@]23[C@H](C1)Oc1ccccc1[C@@H]3O. The number of fused-ring (bicyclic) bond motifs is 1. The lowest BCUT2D eigenvalue weighted by Gasteiger charge is -2.53. The number of carbonyl (C=O) groups is 1. The smallest absolute Gasteiger partial charge is 0.319 e. The lowest BCUT2D eigenvalue weighted by Crippen LogP contribution is -2.60. The average molecular weight is 286 g/mol. The van der Waals surface area contributed by atoms with Gasteiger partial charge in [-0.3, -0.25) is 4.79 Å². The third-order valence-electron chi connectivity index (χ3n) is 5.09. The number of aliphatic hydroxyl groups is 1. The van der Waals surface area contributed by atoms with Crippen LogP contribution in [0.4, 0.5) is 0 Å². The summed E-state index contributed by atoms with van der Waals surface area (Å²) >= 11 is 0. The first-order valence-electron chi connectivity index (χ1n) is 7.42. The Bertz CT molecular complexity index is 635. The molecule has 110 valence electrons. The van der Waals surface area contributed by atoms with Gasteiger partial charge in [0.05, 0.1) is 6.61 Å². The Labute approximate surface area is 123 Å². The van der Waals surface area contributed by atoms with Gasteiger partial charge in [-0.2, -0.15) is 0 Å². The molecular formula is C17H18O4. The summed E-state index contributed by atoms with van der Waals surface area (Å²) in [6.45, 7) is 2.47. The number of carbonyl (C=O) groups excluding carboxylic acids is 1. The molecule has 0 aromatic heterocycles. The first kappa shape index (κ1) is 12.9. The molecule has 3 aliphatic rings. The van der Waals surface area contributed by atoms with Crippen LogP contribution in [-0.4, -0.2) is 23.8 Å². The van der Waals surface area contributed by atoms with E-state index >= 15 is 0 Å². The van der Waals surface area contributed by atoms with Crippen molar-refractivity contribution >= 4 is 5.97 Å². The van der Waals surface area contributed by atoms with Crippen LogP contribution in [0.15, 0.2) is 35.9 Å². The van der Waals surface area contributed by atoms with E-state index in [1.807, 2.05) is 24.3 Å². The van der Waals surface area contributed by atoms with Gasteiger partial charge >= 0.3 is 5.97 Å². The predicted molar refractivity (Wildman–Crippen MR) is 75.7 cm³/mol. The Morgan fingerprint density at radius 3 is 3.00 bits per heavy atom. The molecule has 4 atom stereocenters. The van der Waals surface area contributed by atoms with Gasteiger partial charge in [0.15, 0.2) is 0 Å². The molecule has 1 aromatic carbocycles. The first-order valence-corrected chi connectivity index (χ1v) is 7.42. The number of ether oxygens (including phenoxy) is 2. The number of aliphatic hydroxyl groups excluding tert-OH is 1. The second-order valence-corrected chi connectivity index (χ2v) is 6.23. The minimum Gasteiger partial charge on any atom is -0.488 e. The molecule has 4 heteroatoms. The maximum Gasteiger partial charge on any atom is 0.319 e. The fourth-order valence-electron chi connectivity index (χ4n) is 4.11. The summed E-state index contributed by atoms with van der Waals surface area (Å²) in [5, 5.41) is 11.0. The zero-order valence-electron chi connectivity index (χ0n) is 11.9. The van der Waals surface area contributed by atoms with Crippen molar-refractivity contribution in [2.45, 2.75) is 32.0 Å². The van der Waals surface area contributed by atoms with Gasteiger partial charge in [-0.25, -0.2) is 0 Å². The molecule has 0 bridgehead atoms. The summed E-state index contributed by atoms with van der Waals surface area (Å²) in [5.74, 6) is 0.322. The molecule has 2 heterocycles. The second kappa shape index (κ2) is 4.34. The molecule has 0 saturated carbocycles. The zero-order chi connectivity index (χ0) is 14.6. The van der Waals surface area contributed by atoms with Crippen molar-refractivity contribution in [2.24, 2.45) is 11.3 Å². The normalized spacial score (nSPS) is 37.3. The Morgan fingerprint density at radius 2 is 2.14 bits per heavy atom. The molecule has 4 nitrogen and oxygen atoms in total. The molecule has 1 N–H and O–H groups in total. The third-order valence-corrected chi connectivity index (χ3v) is 5.09. The van der Waals surface area contributed by atoms with Gasteiger partial charge in [-0.15, -0.1) is 0 Å². The number of allylic oxidation sites excluding steroid dienone is 1. The van der Waals surface area contributed by atoms with E-state index in [2.05, 4.69) is 13.0 Å². The highest BCUT2D eigenvalue weighted by Gasteiger charge is 2.64. The van der Waals surface area contributed by atoms with E-state index in [1.54, 1.807) is 0 Å². The van der Waals surface area contributed by atoms with Crippen LogP contribution in [0.1, 0.15) is 31.4 Å². The largest absolute Gasteiger partial charge is 0.488 e. The van der Waals surface area contributed by atoms with Crippen LogP contribution in [0.25, 0.3) is 0 Å². The van der Waals surface area contributed by atoms with Crippen LogP contribution in [-0.2, 0) is 9.53 Å². The average Bonchev–Trinajstić information content (AvgIpc) is 2.46. The van der Waals surface area contributed by atoms with E-state index in [1.165, 1.54) is 5.57 Å². The van der Waals surface area contributed by atoms with Crippen molar-refractivity contribution in [3.05, 3.63) is 41.5 Å². The van der Waals surface area contributed by atoms with Gasteiger partial charge in [-0.1, -0.05) is 29.8 Å². The van der Waals surface area contributed by atoms with Crippen molar-refractivity contribution in [3.63, 3.8) is 0 Å². The molecule has 2 aliphatic heterocycles. The van der Waals surface area contributed by atoms with Crippen molar-refractivity contribution in [2.75, 3.05) is 6.61 Å². The Kier molecular flexibility index (Phi) is 2.67. The topological polar surface area (TPSA) is 55.8 Å². The molecular weight excluding hydrogens is 268 g/mol. The second-order valence-electron chi connectivity index (χ2n) is 6.23. The molecule has 1 aliphatic carbocycles. The summed E-state index contributed by atoms with van der Waals surface area (Å²) in [5.41, 5.74) is 0.902. The zero-order valence-corrected chi connectivity index (χ0v) is 11.9. The van der Waals surface area contributed by atoms with Crippen molar-refractivity contribution in [1.29, 1.82) is 0 Å². The summed E-state index contributed by atoms with van der Waals surface area (Å²) in [4.78, 5) is 12.6. The molecule has 21 heavy (non-hydrogen) atoms. The minimum absolute atomic E-state index is 0.0270. The van der Waals surface area contributed by atoms with Crippen molar-refractivity contribution in [3.8, 4) is 5.75 Å². The summed E-state index contributed by atoms with van der Waals surface area (Å²) < 4.78 is 11.4. The van der Waals surface area contributed by atoms with E-state index in [-0.39, 0.29) is 18.0 Å². The van der Waals surface area contributed by atoms with Crippen LogP contribution in [0.2, 0.25) is 0 Å². The van der Waals surface area contributed by atoms with Gasteiger partial charge in [-0.05, 0) is 19.4 Å². The predicted octanol–water partition coefficient (Wildman–Crippen LogP) is 2.38. The van der Waals surface area contributed by atoms with E-state index in [9.17, 15) is 9.90 Å². The monoisotopic (exact) mass is 286 g/mol. The number of cyclic esters (lactones) is 1. The summed E-state index contributed by atoms with van der Waals surface area (Å²) in [6, 6.07) is 7.42. The van der Waals surface area contributed by atoms with Crippen molar-refractivity contribution < 1.29 is 19.4 Å². The fourth-order valence-corrected chi connectivity index (χ4v) is 4.11. The number of hydrogen-bond donors (Lipinski definition) is 1. The van der Waals surface area contributed by atoms with Crippen LogP contribution in [0.5, 0.6) is 5.75 Å². The summed E-state index contributed by atoms with van der Waals surface area (Å²) in [6.07, 6.45) is 2.27. The van der Waals surface area contributed by atoms with Gasteiger partial charge < -0.3 is 14.6 Å². The lowest BCUT2D eigenvalue weighted by molar-refractivity contribution is -0.198. The maximum atomic E-state index is 12.6. The minimum atomic E-state index is -0.994. The molecule has 0 amide bonds. The Hall–Kier alpha value is -1.81. The van der Waals surface area contributed by atoms with Gasteiger partial charge in [0, 0.05) is 17.9 Å². The van der Waals surface area contributed by atoms with E-state index in [0.717, 1.165) is 6.42 Å². The first-order chi connectivity index (χ1) is 10.1. The van der Waals surface area contributed by atoms with Gasteiger partial charge in [0.25, 0.3) is 0 Å². The quantitative estimate of drug-likeness (QED) is 0.587. The number of hydrogen-bond acceptors (Lipinski definition) is 4. The summed E-state index contributed by atoms with van der Waals surface area (Å²) in [7, 11) is 0. The molecule has 1 fully saturated rings. The van der Waals surface area contributed by atoms with Crippen LogP contribution >= 0.6 is 0 Å². The third kappa shape index (κ3) is 1.57. The molecule has 0 radical (unpaired) electrons. The number of esters is 1. The molecule has 0 unspecified atom stereocenters. The number of rotatable bonds is 0. The Balaban J connectivity index is 1.92. The molecule has 1 spiro atoms. The van der Waals surface area contributed by atoms with E-state index in [4.69, 9.17) is 9.47 Å². The van der Waals surface area contributed by atoms with Crippen molar-refractivity contribution in [1.82, 2.24) is 0 Å². The number of para-hydroxylation sites is 1. The molecule has 1 aromatic rings. The lowest BCUT2D eigenvalue weighted by atomic mass is 9.58. The highest BCUT2D eigenvalue weighted by atomic mass is 16.5. The molecule has 4 rings (SSSR count).